The Morgan fingerprint density at radius 2 is 1.89 bits per heavy atom. The Bertz CT molecular complexity index is 1420. The van der Waals surface area contributed by atoms with Crippen LogP contribution >= 0.6 is 35.3 Å². The molecule has 0 radical (unpaired) electrons. The highest BCUT2D eigenvalue weighted by Gasteiger charge is 2.34. The molecule has 1 aromatic heterocycles. The average Bonchev–Trinajstić information content (AvgIpc) is 3.27. The van der Waals surface area contributed by atoms with E-state index in [2.05, 4.69) is 15.5 Å². The Hall–Kier alpha value is -2.32. The molecule has 2 aromatic carbocycles. The second-order valence-corrected chi connectivity index (χ2v) is 11.8. The van der Waals surface area contributed by atoms with Crippen molar-refractivity contribution in [2.75, 3.05) is 26.2 Å². The van der Waals surface area contributed by atoms with E-state index >= 15 is 0 Å². The van der Waals surface area contributed by atoms with Crippen LogP contribution in [0.3, 0.4) is 0 Å². The second-order valence-electron chi connectivity index (χ2n) is 8.40. The summed E-state index contributed by atoms with van der Waals surface area (Å²) < 4.78 is 27.9. The number of benzene rings is 2. The molecule has 0 aliphatic carbocycles. The van der Waals surface area contributed by atoms with Gasteiger partial charge in [-0.15, -0.1) is 28.9 Å². The first-order chi connectivity index (χ1) is 16.8. The van der Waals surface area contributed by atoms with Crippen LogP contribution in [0.15, 0.2) is 46.4 Å². The number of amides is 1. The third-order valence-electron chi connectivity index (χ3n) is 6.15. The molecule has 2 atom stereocenters. The van der Waals surface area contributed by atoms with Gasteiger partial charge in [0, 0.05) is 37.6 Å². The number of fused-ring (bicyclic) bond motifs is 2. The number of oxime groups is 1. The first-order valence-electron chi connectivity index (χ1n) is 10.9. The Kier molecular flexibility index (Phi) is 7.86. The summed E-state index contributed by atoms with van der Waals surface area (Å²) in [6.07, 6.45) is 1.41. The van der Waals surface area contributed by atoms with E-state index in [1.807, 2.05) is 0 Å². The van der Waals surface area contributed by atoms with Crippen molar-refractivity contribution in [2.24, 2.45) is 10.9 Å². The van der Waals surface area contributed by atoms with Crippen molar-refractivity contribution in [3.05, 3.63) is 57.0 Å². The number of hydrogen-bond donors (Lipinski definition) is 3. The quantitative estimate of drug-likeness (QED) is 0.248. The van der Waals surface area contributed by atoms with Gasteiger partial charge in [0.1, 0.15) is 0 Å². The smallest absolute Gasteiger partial charge is 0.282 e. The molecule has 14 heteroatoms. The summed E-state index contributed by atoms with van der Waals surface area (Å²) in [6.45, 7) is 0.879. The number of aromatic nitrogens is 1. The van der Waals surface area contributed by atoms with E-state index in [1.165, 1.54) is 21.9 Å². The lowest BCUT2D eigenvalue weighted by Crippen LogP contribution is -2.50. The number of nitrogens with zero attached hydrogens (tertiary/aromatic N) is 4. The van der Waals surface area contributed by atoms with Crippen LogP contribution < -0.4 is 11.1 Å². The molecule has 1 saturated heterocycles. The number of nitrogens with one attached hydrogen (secondary N) is 1. The summed E-state index contributed by atoms with van der Waals surface area (Å²) >= 11 is 7.25. The van der Waals surface area contributed by atoms with Gasteiger partial charge in [0.25, 0.3) is 5.91 Å². The molecule has 3 heterocycles. The molecule has 0 bridgehead atoms. The van der Waals surface area contributed by atoms with Crippen molar-refractivity contribution in [1.82, 2.24) is 19.5 Å². The van der Waals surface area contributed by atoms with Gasteiger partial charge in [0.05, 0.1) is 33.9 Å². The van der Waals surface area contributed by atoms with Crippen molar-refractivity contribution in [3.63, 3.8) is 0 Å². The van der Waals surface area contributed by atoms with Crippen LogP contribution in [0.4, 0.5) is 0 Å². The average molecular weight is 572 g/mol. The second kappa shape index (κ2) is 10.6. The number of halogens is 2. The minimum Gasteiger partial charge on any atom is -0.411 e. The predicted octanol–water partition coefficient (Wildman–Crippen LogP) is 2.45. The Labute approximate surface area is 223 Å². The van der Waals surface area contributed by atoms with Gasteiger partial charge < -0.3 is 15.8 Å². The molecule has 2 aliphatic heterocycles. The van der Waals surface area contributed by atoms with Crippen LogP contribution in [0.2, 0.25) is 5.02 Å². The third-order valence-corrected chi connectivity index (χ3v) is 9.45. The van der Waals surface area contributed by atoms with Gasteiger partial charge >= 0.3 is 0 Å². The van der Waals surface area contributed by atoms with Crippen molar-refractivity contribution >= 4 is 68.3 Å². The summed E-state index contributed by atoms with van der Waals surface area (Å²) in [7, 11) is -3.71. The van der Waals surface area contributed by atoms with Crippen molar-refractivity contribution in [1.29, 1.82) is 0 Å². The summed E-state index contributed by atoms with van der Waals surface area (Å²) in [5.74, 6) is -0.253. The van der Waals surface area contributed by atoms with E-state index in [4.69, 9.17) is 22.5 Å². The first-order valence-corrected chi connectivity index (χ1v) is 13.6. The Balaban J connectivity index is 0.00000304. The number of carbonyl (C=O) groups is 1. The molecular formula is C22H24Cl2N6O4S2. The van der Waals surface area contributed by atoms with Gasteiger partial charge in [0.2, 0.25) is 10.0 Å². The number of rotatable bonds is 4. The molecule has 0 spiro atoms. The van der Waals surface area contributed by atoms with Gasteiger partial charge in [-0.2, -0.15) is 4.31 Å². The largest absolute Gasteiger partial charge is 0.411 e. The fourth-order valence-corrected chi connectivity index (χ4v) is 7.09. The monoisotopic (exact) mass is 570 g/mol. The zero-order chi connectivity index (χ0) is 24.7. The van der Waals surface area contributed by atoms with Crippen LogP contribution in [0, 0.1) is 0 Å². The minimum absolute atomic E-state index is 0. The van der Waals surface area contributed by atoms with E-state index in [1.54, 1.807) is 41.3 Å². The SMILES string of the molecule is Cl.NC1Cc2nc(C(=O)N3CCN(S(=O)(=O)c4ccc5cc(Cl)ccc5c4)CC3)sc2C(C=NO)N1. The standard InChI is InChI=1S/C22H23ClN6O4S2.ClH/c23-15-3-1-14-10-16(4-2-13(14)9-15)35(32,33)29-7-5-28(6-8-29)22(30)21-27-17-11-19(24)26-18(12-25-31)20(17)34-21;/h1-4,9-10,12,18-19,26,31H,5-8,11,24H2;1H. The zero-order valence-electron chi connectivity index (χ0n) is 18.9. The lowest BCUT2D eigenvalue weighted by molar-refractivity contribution is 0.0697. The van der Waals surface area contributed by atoms with Crippen LogP contribution in [0.25, 0.3) is 10.8 Å². The van der Waals surface area contributed by atoms with Crippen molar-refractivity contribution < 1.29 is 18.4 Å². The van der Waals surface area contributed by atoms with Crippen LogP contribution in [-0.2, 0) is 16.4 Å². The molecule has 1 amide bonds. The predicted molar refractivity (Wildman–Crippen MR) is 141 cm³/mol. The molecule has 1 fully saturated rings. The molecule has 2 aliphatic rings. The lowest BCUT2D eigenvalue weighted by Gasteiger charge is -2.33. The zero-order valence-corrected chi connectivity index (χ0v) is 22.1. The maximum Gasteiger partial charge on any atom is 0.282 e. The summed E-state index contributed by atoms with van der Waals surface area (Å²) in [5, 5.41) is 17.7. The summed E-state index contributed by atoms with van der Waals surface area (Å²) in [6, 6.07) is 9.85. The normalized spacial score (nSPS) is 20.9. The van der Waals surface area contributed by atoms with Gasteiger partial charge in [-0.1, -0.05) is 23.7 Å². The molecule has 36 heavy (non-hydrogen) atoms. The maximum absolute atomic E-state index is 13.2. The molecule has 4 N–H and O–H groups in total. The Morgan fingerprint density at radius 1 is 1.19 bits per heavy atom. The number of hydrogen-bond acceptors (Lipinski definition) is 9. The van der Waals surface area contributed by atoms with E-state index in [-0.39, 0.29) is 55.6 Å². The van der Waals surface area contributed by atoms with Gasteiger partial charge in [-0.25, -0.2) is 13.4 Å². The molecule has 10 nitrogen and oxygen atoms in total. The fraction of sp³-hybridized carbons (Fsp3) is 0.318. The van der Waals surface area contributed by atoms with Gasteiger partial charge in [-0.3, -0.25) is 10.1 Å². The molecule has 2 unspecified atom stereocenters. The molecule has 0 saturated carbocycles. The van der Waals surface area contributed by atoms with Crippen LogP contribution in [-0.4, -0.2) is 72.3 Å². The first kappa shape index (κ1) is 26.7. The van der Waals surface area contributed by atoms with Gasteiger partial charge in [0.15, 0.2) is 5.01 Å². The van der Waals surface area contributed by atoms with Crippen LogP contribution in [0.1, 0.15) is 26.4 Å². The van der Waals surface area contributed by atoms with E-state index < -0.39 is 16.1 Å². The van der Waals surface area contributed by atoms with E-state index in [0.29, 0.717) is 22.1 Å². The number of piperazine rings is 1. The minimum atomic E-state index is -3.71. The highest BCUT2D eigenvalue weighted by atomic mass is 35.5. The highest BCUT2D eigenvalue weighted by molar-refractivity contribution is 7.89. The number of sulfonamides is 1. The van der Waals surface area contributed by atoms with Gasteiger partial charge in [-0.05, 0) is 35.0 Å². The van der Waals surface area contributed by atoms with Crippen molar-refractivity contribution in [2.45, 2.75) is 23.5 Å². The number of nitrogens with two attached hydrogens (primary N) is 1. The highest BCUT2D eigenvalue weighted by Crippen LogP contribution is 2.30. The van der Waals surface area contributed by atoms with E-state index in [0.717, 1.165) is 15.6 Å². The van der Waals surface area contributed by atoms with E-state index in [9.17, 15) is 13.2 Å². The molecule has 5 rings (SSSR count). The van der Waals surface area contributed by atoms with Crippen molar-refractivity contribution in [3.8, 4) is 0 Å². The number of thiazole rings is 1. The summed E-state index contributed by atoms with van der Waals surface area (Å²) in [4.78, 5) is 20.2. The maximum atomic E-state index is 13.2. The molecule has 3 aromatic rings. The topological polar surface area (TPSA) is 141 Å². The molecule has 192 valence electrons. The number of carbonyl (C=O) groups excluding carboxylic acids is 1. The lowest BCUT2D eigenvalue weighted by atomic mass is 10.1. The molecular weight excluding hydrogens is 547 g/mol. The van der Waals surface area contributed by atoms with Crippen LogP contribution in [0.5, 0.6) is 0 Å². The third kappa shape index (κ3) is 5.07. The Morgan fingerprint density at radius 3 is 2.61 bits per heavy atom. The fourth-order valence-electron chi connectivity index (χ4n) is 4.37. The summed E-state index contributed by atoms with van der Waals surface area (Å²) in [5.41, 5.74) is 6.69.